The summed E-state index contributed by atoms with van der Waals surface area (Å²) in [6.45, 7) is 7.45. The molecule has 0 unspecified atom stereocenters. The number of hydrogen-bond donors (Lipinski definition) is 0. The zero-order valence-electron chi connectivity index (χ0n) is 11.0. The van der Waals surface area contributed by atoms with Crippen LogP contribution in [0.25, 0.3) is 0 Å². The molecule has 0 saturated carbocycles. The minimum Gasteiger partial charge on any atom is -0.489 e. The Labute approximate surface area is 107 Å². The predicted molar refractivity (Wildman–Crippen MR) is 67.2 cm³/mol. The van der Waals surface area contributed by atoms with Crippen LogP contribution in [0.5, 0.6) is 11.5 Å². The van der Waals surface area contributed by atoms with Gasteiger partial charge in [0.1, 0.15) is 0 Å². The topological polar surface area (TPSA) is 44.8 Å². The third-order valence-corrected chi connectivity index (χ3v) is 2.69. The molecular weight excluding hydrogens is 232 g/mol. The first-order chi connectivity index (χ1) is 8.52. The Morgan fingerprint density at radius 3 is 2.61 bits per heavy atom. The van der Waals surface area contributed by atoms with Crippen molar-refractivity contribution in [3.63, 3.8) is 0 Å². The molecular formula is C14H18O4. The molecule has 1 heterocycles. The van der Waals surface area contributed by atoms with Crippen molar-refractivity contribution in [3.05, 3.63) is 23.8 Å². The van der Waals surface area contributed by atoms with Crippen LogP contribution in [-0.4, -0.2) is 25.8 Å². The standard InChI is InChI=1S/C14H18O4/c1-4-16-13(15)10-5-6-11-12(7-10)18-9-14(2,3)8-17-11/h5-7H,4,8-9H2,1-3H3. The molecule has 0 saturated heterocycles. The number of fused-ring (bicyclic) bond motifs is 1. The Hall–Kier alpha value is -1.71. The second-order valence-electron chi connectivity index (χ2n) is 5.12. The Morgan fingerprint density at radius 1 is 1.28 bits per heavy atom. The van der Waals surface area contributed by atoms with E-state index in [1.165, 1.54) is 0 Å². The van der Waals surface area contributed by atoms with E-state index in [-0.39, 0.29) is 11.4 Å². The summed E-state index contributed by atoms with van der Waals surface area (Å²) in [5, 5.41) is 0. The van der Waals surface area contributed by atoms with Crippen LogP contribution < -0.4 is 9.47 Å². The average Bonchev–Trinajstić information content (AvgIpc) is 2.49. The van der Waals surface area contributed by atoms with Crippen molar-refractivity contribution in [3.8, 4) is 11.5 Å². The van der Waals surface area contributed by atoms with Gasteiger partial charge in [-0.2, -0.15) is 0 Å². The van der Waals surface area contributed by atoms with Crippen molar-refractivity contribution in [1.82, 2.24) is 0 Å². The molecule has 0 bridgehead atoms. The highest BCUT2D eigenvalue weighted by Crippen LogP contribution is 2.34. The molecule has 4 nitrogen and oxygen atoms in total. The lowest BCUT2D eigenvalue weighted by atomic mass is 9.97. The summed E-state index contributed by atoms with van der Waals surface area (Å²) in [6.07, 6.45) is 0. The van der Waals surface area contributed by atoms with Crippen LogP contribution in [0.1, 0.15) is 31.1 Å². The zero-order valence-corrected chi connectivity index (χ0v) is 11.0. The lowest BCUT2D eigenvalue weighted by Gasteiger charge is -2.19. The van der Waals surface area contributed by atoms with E-state index in [0.29, 0.717) is 36.9 Å². The van der Waals surface area contributed by atoms with Gasteiger partial charge in [0, 0.05) is 5.41 Å². The SMILES string of the molecule is CCOC(=O)c1ccc2c(c1)OCC(C)(C)CO2. The molecule has 0 aliphatic carbocycles. The normalized spacial score (nSPS) is 16.8. The molecule has 4 heteroatoms. The summed E-state index contributed by atoms with van der Waals surface area (Å²) in [6, 6.07) is 5.12. The van der Waals surface area contributed by atoms with Crippen molar-refractivity contribution in [2.24, 2.45) is 5.41 Å². The number of hydrogen-bond acceptors (Lipinski definition) is 4. The maximum atomic E-state index is 11.6. The van der Waals surface area contributed by atoms with Crippen LogP contribution in [-0.2, 0) is 4.74 Å². The number of esters is 1. The van der Waals surface area contributed by atoms with Crippen molar-refractivity contribution < 1.29 is 19.0 Å². The summed E-state index contributed by atoms with van der Waals surface area (Å²) < 4.78 is 16.3. The first-order valence-electron chi connectivity index (χ1n) is 6.08. The Morgan fingerprint density at radius 2 is 1.94 bits per heavy atom. The number of benzene rings is 1. The van der Waals surface area contributed by atoms with Crippen LogP contribution in [0.3, 0.4) is 0 Å². The number of carbonyl (C=O) groups excluding carboxylic acids is 1. The van der Waals surface area contributed by atoms with Gasteiger partial charge in [0.15, 0.2) is 11.5 Å². The van der Waals surface area contributed by atoms with Crippen LogP contribution in [0, 0.1) is 5.41 Å². The smallest absolute Gasteiger partial charge is 0.338 e. The first kappa shape index (κ1) is 12.7. The highest BCUT2D eigenvalue weighted by Gasteiger charge is 2.25. The Bertz CT molecular complexity index is 451. The van der Waals surface area contributed by atoms with E-state index in [1.54, 1.807) is 25.1 Å². The second-order valence-corrected chi connectivity index (χ2v) is 5.12. The molecule has 0 amide bonds. The summed E-state index contributed by atoms with van der Waals surface area (Å²) in [5.41, 5.74) is 0.447. The van der Waals surface area contributed by atoms with Gasteiger partial charge in [-0.1, -0.05) is 13.8 Å². The highest BCUT2D eigenvalue weighted by atomic mass is 16.5. The summed E-state index contributed by atoms with van der Waals surface area (Å²) >= 11 is 0. The molecule has 18 heavy (non-hydrogen) atoms. The van der Waals surface area contributed by atoms with Gasteiger partial charge in [0.05, 0.1) is 25.4 Å². The highest BCUT2D eigenvalue weighted by molar-refractivity contribution is 5.90. The van der Waals surface area contributed by atoms with Gasteiger partial charge in [0.25, 0.3) is 0 Å². The lowest BCUT2D eigenvalue weighted by molar-refractivity contribution is 0.0526. The number of ether oxygens (including phenoxy) is 3. The number of carbonyl (C=O) groups is 1. The fraction of sp³-hybridized carbons (Fsp3) is 0.500. The molecule has 0 atom stereocenters. The summed E-state index contributed by atoms with van der Waals surface area (Å²) in [4.78, 5) is 11.6. The van der Waals surface area contributed by atoms with E-state index < -0.39 is 0 Å². The van der Waals surface area contributed by atoms with E-state index in [0.717, 1.165) is 0 Å². The van der Waals surface area contributed by atoms with E-state index in [4.69, 9.17) is 14.2 Å². The first-order valence-corrected chi connectivity index (χ1v) is 6.08. The molecule has 1 aromatic carbocycles. The molecule has 1 aliphatic heterocycles. The minimum atomic E-state index is -0.340. The van der Waals surface area contributed by atoms with E-state index in [1.807, 2.05) is 0 Å². The molecule has 98 valence electrons. The molecule has 1 aliphatic rings. The Balaban J connectivity index is 2.23. The van der Waals surface area contributed by atoms with Crippen molar-refractivity contribution in [2.45, 2.75) is 20.8 Å². The minimum absolute atomic E-state index is 0.0386. The van der Waals surface area contributed by atoms with Gasteiger partial charge in [-0.05, 0) is 25.1 Å². The Kier molecular flexibility index (Phi) is 3.45. The molecule has 0 aromatic heterocycles. The maximum absolute atomic E-state index is 11.6. The van der Waals surface area contributed by atoms with Crippen molar-refractivity contribution in [2.75, 3.05) is 19.8 Å². The third kappa shape index (κ3) is 2.75. The molecule has 1 aromatic rings. The predicted octanol–water partition coefficient (Wildman–Crippen LogP) is 2.66. The monoisotopic (exact) mass is 250 g/mol. The van der Waals surface area contributed by atoms with Gasteiger partial charge < -0.3 is 14.2 Å². The molecule has 0 N–H and O–H groups in total. The largest absolute Gasteiger partial charge is 0.489 e. The zero-order chi connectivity index (χ0) is 13.2. The average molecular weight is 250 g/mol. The van der Waals surface area contributed by atoms with E-state index >= 15 is 0 Å². The van der Waals surface area contributed by atoms with Crippen molar-refractivity contribution in [1.29, 1.82) is 0 Å². The third-order valence-electron chi connectivity index (χ3n) is 2.69. The van der Waals surface area contributed by atoms with Crippen LogP contribution in [0.2, 0.25) is 0 Å². The number of rotatable bonds is 2. The lowest BCUT2D eigenvalue weighted by Crippen LogP contribution is -2.26. The fourth-order valence-electron chi connectivity index (χ4n) is 1.67. The molecule has 0 spiro atoms. The summed E-state index contributed by atoms with van der Waals surface area (Å²) in [7, 11) is 0. The van der Waals surface area contributed by atoms with Gasteiger partial charge in [0.2, 0.25) is 0 Å². The van der Waals surface area contributed by atoms with Crippen LogP contribution in [0.15, 0.2) is 18.2 Å². The second kappa shape index (κ2) is 4.88. The quantitative estimate of drug-likeness (QED) is 0.757. The van der Waals surface area contributed by atoms with Crippen LogP contribution in [0.4, 0.5) is 0 Å². The van der Waals surface area contributed by atoms with E-state index in [9.17, 15) is 4.79 Å². The van der Waals surface area contributed by atoms with E-state index in [2.05, 4.69) is 13.8 Å². The van der Waals surface area contributed by atoms with Gasteiger partial charge in [-0.3, -0.25) is 0 Å². The fourth-order valence-corrected chi connectivity index (χ4v) is 1.67. The molecule has 0 fully saturated rings. The van der Waals surface area contributed by atoms with Crippen molar-refractivity contribution >= 4 is 5.97 Å². The maximum Gasteiger partial charge on any atom is 0.338 e. The summed E-state index contributed by atoms with van der Waals surface area (Å²) in [5.74, 6) is 0.937. The molecule has 0 radical (unpaired) electrons. The van der Waals surface area contributed by atoms with Gasteiger partial charge >= 0.3 is 5.97 Å². The van der Waals surface area contributed by atoms with Crippen LogP contribution >= 0.6 is 0 Å². The molecule has 2 rings (SSSR count). The van der Waals surface area contributed by atoms with Gasteiger partial charge in [-0.15, -0.1) is 0 Å². The van der Waals surface area contributed by atoms with Gasteiger partial charge in [-0.25, -0.2) is 4.79 Å².